The standard InChI is InChI=1S/C20H30N4O2/c1-7-11-23-19(25)15(9-3)13-17(21-5)18(22-6)14-16(10-4)20(26)24-12-8-2/h7-8,13-14H,1-2,9-12H2,3-6H3,(H,23,25)(H,24,26)/b15-13+,16-14+,21-17?,22-18?. The lowest BCUT2D eigenvalue weighted by molar-refractivity contribution is -0.118. The Hall–Kier alpha value is -2.76. The molecule has 0 aliphatic rings. The minimum Gasteiger partial charge on any atom is -0.349 e. The summed E-state index contributed by atoms with van der Waals surface area (Å²) >= 11 is 0. The lowest BCUT2D eigenvalue weighted by Crippen LogP contribution is -2.27. The molecule has 26 heavy (non-hydrogen) atoms. The molecular formula is C20H30N4O2. The van der Waals surface area contributed by atoms with Gasteiger partial charge in [0.25, 0.3) is 0 Å². The van der Waals surface area contributed by atoms with Crippen LogP contribution < -0.4 is 10.6 Å². The van der Waals surface area contributed by atoms with E-state index >= 15 is 0 Å². The molecule has 2 N–H and O–H groups in total. The Morgan fingerprint density at radius 2 is 1.15 bits per heavy atom. The molecule has 0 rings (SSSR count). The van der Waals surface area contributed by atoms with E-state index in [0.29, 0.717) is 48.5 Å². The van der Waals surface area contributed by atoms with Gasteiger partial charge in [-0.15, -0.1) is 13.2 Å². The van der Waals surface area contributed by atoms with Gasteiger partial charge in [-0.3, -0.25) is 19.6 Å². The van der Waals surface area contributed by atoms with Crippen molar-refractivity contribution in [1.29, 1.82) is 0 Å². The van der Waals surface area contributed by atoms with Gasteiger partial charge < -0.3 is 10.6 Å². The largest absolute Gasteiger partial charge is 0.349 e. The number of rotatable bonds is 11. The van der Waals surface area contributed by atoms with Crippen molar-refractivity contribution in [1.82, 2.24) is 10.6 Å². The number of amides is 2. The number of aliphatic imine (C=N–C) groups is 2. The predicted molar refractivity (Wildman–Crippen MR) is 110 cm³/mol. The first kappa shape index (κ1) is 23.2. The second-order valence-corrected chi connectivity index (χ2v) is 5.26. The van der Waals surface area contributed by atoms with Crippen LogP contribution in [0.4, 0.5) is 0 Å². The topological polar surface area (TPSA) is 82.9 Å². The van der Waals surface area contributed by atoms with Crippen molar-refractivity contribution in [2.24, 2.45) is 9.98 Å². The number of allylic oxidation sites excluding steroid dienone is 2. The van der Waals surface area contributed by atoms with E-state index in [0.717, 1.165) is 0 Å². The second kappa shape index (κ2) is 13.5. The zero-order chi connectivity index (χ0) is 19.9. The van der Waals surface area contributed by atoms with E-state index in [4.69, 9.17) is 0 Å². The first-order valence-electron chi connectivity index (χ1n) is 8.62. The van der Waals surface area contributed by atoms with Gasteiger partial charge in [0.2, 0.25) is 11.8 Å². The summed E-state index contributed by atoms with van der Waals surface area (Å²) in [6.45, 7) is 11.8. The minimum absolute atomic E-state index is 0.174. The Kier molecular flexibility index (Phi) is 12.1. The van der Waals surface area contributed by atoms with E-state index in [-0.39, 0.29) is 11.8 Å². The Balaban J connectivity index is 5.66. The molecule has 2 amide bonds. The molecule has 0 saturated heterocycles. The molecule has 0 atom stereocenters. The molecule has 0 aliphatic heterocycles. The maximum absolute atomic E-state index is 12.2. The zero-order valence-corrected chi connectivity index (χ0v) is 16.3. The van der Waals surface area contributed by atoms with Crippen molar-refractivity contribution in [3.63, 3.8) is 0 Å². The normalized spacial score (nSPS) is 13.2. The fourth-order valence-electron chi connectivity index (χ4n) is 2.05. The Bertz CT molecular complexity index is 584. The number of carbonyl (C=O) groups is 2. The van der Waals surface area contributed by atoms with Crippen LogP contribution in [0.25, 0.3) is 0 Å². The third-order valence-electron chi connectivity index (χ3n) is 3.53. The number of carbonyl (C=O) groups excluding carboxylic acids is 2. The molecule has 0 radical (unpaired) electrons. The lowest BCUT2D eigenvalue weighted by atomic mass is 10.0. The maximum Gasteiger partial charge on any atom is 0.247 e. The van der Waals surface area contributed by atoms with Crippen LogP contribution >= 0.6 is 0 Å². The Morgan fingerprint density at radius 3 is 1.38 bits per heavy atom. The summed E-state index contributed by atoms with van der Waals surface area (Å²) in [6, 6.07) is 0. The van der Waals surface area contributed by atoms with Crippen LogP contribution in [0.15, 0.2) is 58.6 Å². The molecule has 0 spiro atoms. The van der Waals surface area contributed by atoms with Gasteiger partial charge in [-0.1, -0.05) is 26.0 Å². The molecule has 0 heterocycles. The average Bonchev–Trinajstić information content (AvgIpc) is 2.66. The van der Waals surface area contributed by atoms with Crippen molar-refractivity contribution in [2.75, 3.05) is 27.2 Å². The predicted octanol–water partition coefficient (Wildman–Crippen LogP) is 2.41. The van der Waals surface area contributed by atoms with Crippen LogP contribution in [-0.4, -0.2) is 50.4 Å². The highest BCUT2D eigenvalue weighted by Crippen LogP contribution is 2.07. The highest BCUT2D eigenvalue weighted by Gasteiger charge is 2.13. The summed E-state index contributed by atoms with van der Waals surface area (Å²) in [5.74, 6) is -0.347. The summed E-state index contributed by atoms with van der Waals surface area (Å²) in [7, 11) is 3.26. The number of hydrogen-bond acceptors (Lipinski definition) is 4. The van der Waals surface area contributed by atoms with E-state index in [9.17, 15) is 9.59 Å². The highest BCUT2D eigenvalue weighted by molar-refractivity contribution is 6.51. The summed E-state index contributed by atoms with van der Waals surface area (Å²) in [6.07, 6.45) is 7.73. The SMILES string of the molecule is C=CCNC(=O)/C(=C/C(=NC)C(/C=C(\CC)C(=O)NCC=C)=NC)CC. The summed E-state index contributed by atoms with van der Waals surface area (Å²) < 4.78 is 0. The number of hydrogen-bond donors (Lipinski definition) is 2. The molecular weight excluding hydrogens is 328 g/mol. The van der Waals surface area contributed by atoms with Crippen molar-refractivity contribution in [3.05, 3.63) is 48.6 Å². The van der Waals surface area contributed by atoms with Gasteiger partial charge in [0.1, 0.15) is 0 Å². The van der Waals surface area contributed by atoms with Crippen molar-refractivity contribution in [2.45, 2.75) is 26.7 Å². The van der Waals surface area contributed by atoms with E-state index in [1.54, 1.807) is 38.4 Å². The molecule has 6 heteroatoms. The van der Waals surface area contributed by atoms with Crippen molar-refractivity contribution < 1.29 is 9.59 Å². The third kappa shape index (κ3) is 7.88. The van der Waals surface area contributed by atoms with Gasteiger partial charge in [-0.2, -0.15) is 0 Å². The molecule has 0 aliphatic carbocycles. The first-order chi connectivity index (χ1) is 12.5. The first-order valence-corrected chi connectivity index (χ1v) is 8.62. The monoisotopic (exact) mass is 358 g/mol. The van der Waals surface area contributed by atoms with Crippen LogP contribution in [0.3, 0.4) is 0 Å². The summed E-state index contributed by atoms with van der Waals surface area (Å²) in [5, 5.41) is 5.51. The Morgan fingerprint density at radius 1 is 0.808 bits per heavy atom. The highest BCUT2D eigenvalue weighted by atomic mass is 16.2. The fourth-order valence-corrected chi connectivity index (χ4v) is 2.05. The van der Waals surface area contributed by atoms with Gasteiger partial charge in [-0.05, 0) is 25.0 Å². The molecule has 0 unspecified atom stereocenters. The maximum atomic E-state index is 12.2. The van der Waals surface area contributed by atoms with E-state index in [1.165, 1.54) is 0 Å². The van der Waals surface area contributed by atoms with Gasteiger partial charge in [0, 0.05) is 38.3 Å². The molecule has 0 aromatic rings. The van der Waals surface area contributed by atoms with Crippen LogP contribution in [0, 0.1) is 0 Å². The number of nitrogens with one attached hydrogen (secondary N) is 2. The van der Waals surface area contributed by atoms with Crippen LogP contribution in [0.5, 0.6) is 0 Å². The number of nitrogens with zero attached hydrogens (tertiary/aromatic N) is 2. The molecule has 0 fully saturated rings. The molecule has 0 aromatic carbocycles. The van der Waals surface area contributed by atoms with Crippen molar-refractivity contribution >= 4 is 23.2 Å². The van der Waals surface area contributed by atoms with E-state index in [1.807, 2.05) is 13.8 Å². The molecule has 6 nitrogen and oxygen atoms in total. The fraction of sp³-hybridized carbons (Fsp3) is 0.400. The third-order valence-corrected chi connectivity index (χ3v) is 3.53. The molecule has 142 valence electrons. The van der Waals surface area contributed by atoms with Crippen LogP contribution in [-0.2, 0) is 9.59 Å². The lowest BCUT2D eigenvalue weighted by Gasteiger charge is -2.09. The van der Waals surface area contributed by atoms with Crippen LogP contribution in [0.2, 0.25) is 0 Å². The van der Waals surface area contributed by atoms with Gasteiger partial charge >= 0.3 is 0 Å². The van der Waals surface area contributed by atoms with Gasteiger partial charge in [-0.25, -0.2) is 0 Å². The van der Waals surface area contributed by atoms with Gasteiger partial charge in [0.05, 0.1) is 11.4 Å². The van der Waals surface area contributed by atoms with E-state index < -0.39 is 0 Å². The van der Waals surface area contributed by atoms with Gasteiger partial charge in [0.15, 0.2) is 0 Å². The summed E-state index contributed by atoms with van der Waals surface area (Å²) in [4.78, 5) is 32.8. The van der Waals surface area contributed by atoms with Crippen molar-refractivity contribution in [3.8, 4) is 0 Å². The molecule has 0 aromatic heterocycles. The Labute approximate surface area is 156 Å². The second-order valence-electron chi connectivity index (χ2n) is 5.26. The van der Waals surface area contributed by atoms with Crippen LogP contribution in [0.1, 0.15) is 26.7 Å². The summed E-state index contributed by atoms with van der Waals surface area (Å²) in [5.41, 5.74) is 2.24. The molecule has 0 bridgehead atoms. The van der Waals surface area contributed by atoms with E-state index in [2.05, 4.69) is 33.8 Å². The average molecular weight is 358 g/mol. The molecule has 0 saturated carbocycles. The minimum atomic E-state index is -0.174. The quantitative estimate of drug-likeness (QED) is 0.338. The zero-order valence-electron chi connectivity index (χ0n) is 16.3. The smallest absolute Gasteiger partial charge is 0.247 e.